The highest BCUT2D eigenvalue weighted by atomic mass is 32.1. The molecule has 14 heavy (non-hydrogen) atoms. The molecule has 1 aliphatic carbocycles. The predicted octanol–water partition coefficient (Wildman–Crippen LogP) is 2.32. The summed E-state index contributed by atoms with van der Waals surface area (Å²) in [6.45, 7) is 2.22. The van der Waals surface area contributed by atoms with E-state index in [-0.39, 0.29) is 0 Å². The normalized spacial score (nSPS) is 20.2. The van der Waals surface area contributed by atoms with Gasteiger partial charge in [0.25, 0.3) is 0 Å². The maximum atomic E-state index is 5.61. The Kier molecular flexibility index (Phi) is 4.82. The largest absolute Gasteiger partial charge is 0.393 e. The summed E-state index contributed by atoms with van der Waals surface area (Å²) in [4.78, 5) is 3.15. The van der Waals surface area contributed by atoms with Crippen molar-refractivity contribution in [3.63, 3.8) is 0 Å². The first-order valence-electron chi connectivity index (χ1n) is 5.65. The van der Waals surface area contributed by atoms with Gasteiger partial charge in [-0.2, -0.15) is 0 Å². The summed E-state index contributed by atoms with van der Waals surface area (Å²) in [5, 5.41) is 0. The molecule has 1 saturated carbocycles. The van der Waals surface area contributed by atoms with E-state index in [2.05, 4.69) is 18.9 Å². The molecule has 1 fully saturated rings. The van der Waals surface area contributed by atoms with Crippen molar-refractivity contribution in [3.8, 4) is 0 Å². The van der Waals surface area contributed by atoms with E-state index in [1.54, 1.807) is 0 Å². The highest BCUT2D eigenvalue weighted by molar-refractivity contribution is 7.80. The van der Waals surface area contributed by atoms with E-state index in [1.165, 1.54) is 25.7 Å². The van der Waals surface area contributed by atoms with Gasteiger partial charge in [0, 0.05) is 18.5 Å². The monoisotopic (exact) mass is 214 g/mol. The first kappa shape index (κ1) is 11.9. The van der Waals surface area contributed by atoms with Gasteiger partial charge in [0.05, 0.1) is 4.99 Å². The van der Waals surface area contributed by atoms with Gasteiger partial charge in [-0.25, -0.2) is 0 Å². The summed E-state index contributed by atoms with van der Waals surface area (Å²) in [6.07, 6.45) is 7.49. The van der Waals surface area contributed by atoms with Crippen molar-refractivity contribution >= 4 is 17.2 Å². The van der Waals surface area contributed by atoms with E-state index in [4.69, 9.17) is 18.0 Å². The molecule has 0 amide bonds. The van der Waals surface area contributed by atoms with Crippen LogP contribution in [0.2, 0.25) is 0 Å². The van der Waals surface area contributed by atoms with Crippen LogP contribution in [0.5, 0.6) is 0 Å². The molecular formula is C11H22N2S. The first-order valence-corrected chi connectivity index (χ1v) is 6.06. The van der Waals surface area contributed by atoms with Crippen molar-refractivity contribution in [2.75, 3.05) is 7.05 Å². The molecule has 2 nitrogen and oxygen atoms in total. The predicted molar refractivity (Wildman–Crippen MR) is 65.5 cm³/mol. The molecule has 1 rings (SSSR count). The molecule has 0 spiro atoms. The molecule has 0 saturated heterocycles. The van der Waals surface area contributed by atoms with E-state index < -0.39 is 0 Å². The molecule has 0 aromatic rings. The third-order valence-electron chi connectivity index (χ3n) is 3.38. The Balaban J connectivity index is 2.45. The quantitative estimate of drug-likeness (QED) is 0.712. The average molecular weight is 214 g/mol. The third-order valence-corrected chi connectivity index (χ3v) is 3.55. The van der Waals surface area contributed by atoms with Crippen molar-refractivity contribution < 1.29 is 0 Å². The number of rotatable bonds is 5. The van der Waals surface area contributed by atoms with Crippen LogP contribution < -0.4 is 5.73 Å². The molecule has 82 valence electrons. The lowest BCUT2D eigenvalue weighted by Gasteiger charge is -2.32. The van der Waals surface area contributed by atoms with Gasteiger partial charge in [0.2, 0.25) is 0 Å². The zero-order valence-electron chi connectivity index (χ0n) is 9.33. The van der Waals surface area contributed by atoms with E-state index in [0.29, 0.717) is 11.0 Å². The Morgan fingerprint density at radius 1 is 1.50 bits per heavy atom. The Morgan fingerprint density at radius 2 is 2.07 bits per heavy atom. The smallest absolute Gasteiger partial charge is 0.0743 e. The fourth-order valence-corrected chi connectivity index (χ4v) is 2.61. The van der Waals surface area contributed by atoms with Gasteiger partial charge in [-0.05, 0) is 26.3 Å². The Labute approximate surface area is 92.8 Å². The molecule has 0 bridgehead atoms. The van der Waals surface area contributed by atoms with Crippen LogP contribution in [0.3, 0.4) is 0 Å². The van der Waals surface area contributed by atoms with Gasteiger partial charge >= 0.3 is 0 Å². The molecule has 1 unspecified atom stereocenters. The number of thiocarbonyl (C=S) groups is 1. The number of nitrogens with zero attached hydrogens (tertiary/aromatic N) is 1. The standard InChI is InChI=1S/C11H22N2S/c1-3-9(8-11(12)14)13(2)10-6-4-5-7-10/h9-10H,3-8H2,1-2H3,(H2,12,14). The topological polar surface area (TPSA) is 29.3 Å². The van der Waals surface area contributed by atoms with Gasteiger partial charge in [0.1, 0.15) is 0 Å². The average Bonchev–Trinajstić information content (AvgIpc) is 2.65. The molecule has 1 atom stereocenters. The summed E-state index contributed by atoms with van der Waals surface area (Å²) in [6, 6.07) is 1.32. The van der Waals surface area contributed by atoms with Crippen LogP contribution in [0.1, 0.15) is 45.4 Å². The van der Waals surface area contributed by atoms with Gasteiger partial charge in [-0.15, -0.1) is 0 Å². The molecule has 1 aliphatic rings. The van der Waals surface area contributed by atoms with Gasteiger partial charge < -0.3 is 10.6 Å². The zero-order chi connectivity index (χ0) is 10.6. The number of nitrogens with two attached hydrogens (primary N) is 1. The van der Waals surface area contributed by atoms with Gasteiger partial charge in [-0.3, -0.25) is 0 Å². The third kappa shape index (κ3) is 3.21. The molecule has 0 aromatic heterocycles. The van der Waals surface area contributed by atoms with Crippen LogP contribution in [-0.4, -0.2) is 29.0 Å². The van der Waals surface area contributed by atoms with Crippen LogP contribution in [0.4, 0.5) is 0 Å². The lowest BCUT2D eigenvalue weighted by molar-refractivity contribution is 0.174. The summed E-state index contributed by atoms with van der Waals surface area (Å²) in [5.41, 5.74) is 5.61. The molecule has 0 aliphatic heterocycles. The van der Waals surface area contributed by atoms with E-state index in [9.17, 15) is 0 Å². The molecular weight excluding hydrogens is 192 g/mol. The highest BCUT2D eigenvalue weighted by Crippen LogP contribution is 2.25. The number of hydrogen-bond donors (Lipinski definition) is 1. The molecule has 0 aromatic carbocycles. The van der Waals surface area contributed by atoms with Crippen molar-refractivity contribution in [1.29, 1.82) is 0 Å². The van der Waals surface area contributed by atoms with Crippen molar-refractivity contribution in [1.82, 2.24) is 4.90 Å². The lowest BCUT2D eigenvalue weighted by atomic mass is 10.1. The minimum atomic E-state index is 0.551. The van der Waals surface area contributed by atoms with E-state index in [1.807, 2.05) is 0 Å². The minimum absolute atomic E-state index is 0.551. The summed E-state index contributed by atoms with van der Waals surface area (Å²) in [5.74, 6) is 0. The Bertz CT molecular complexity index is 188. The van der Waals surface area contributed by atoms with Crippen molar-refractivity contribution in [2.24, 2.45) is 5.73 Å². The fourth-order valence-electron chi connectivity index (χ4n) is 2.42. The second-order valence-corrected chi connectivity index (χ2v) is 4.86. The summed E-state index contributed by atoms with van der Waals surface area (Å²) in [7, 11) is 2.22. The number of hydrogen-bond acceptors (Lipinski definition) is 2. The highest BCUT2D eigenvalue weighted by Gasteiger charge is 2.24. The Morgan fingerprint density at radius 3 is 2.50 bits per heavy atom. The van der Waals surface area contributed by atoms with Crippen LogP contribution in [0, 0.1) is 0 Å². The fraction of sp³-hybridized carbons (Fsp3) is 0.909. The minimum Gasteiger partial charge on any atom is -0.393 e. The van der Waals surface area contributed by atoms with Gasteiger partial charge in [-0.1, -0.05) is 32.0 Å². The van der Waals surface area contributed by atoms with Crippen LogP contribution in [0.15, 0.2) is 0 Å². The maximum Gasteiger partial charge on any atom is 0.0743 e. The Hall–Kier alpha value is -0.150. The second kappa shape index (κ2) is 5.66. The summed E-state index contributed by atoms with van der Waals surface area (Å²) < 4.78 is 0. The van der Waals surface area contributed by atoms with E-state index in [0.717, 1.165) is 18.9 Å². The second-order valence-electron chi connectivity index (χ2n) is 4.34. The van der Waals surface area contributed by atoms with E-state index >= 15 is 0 Å². The maximum absolute atomic E-state index is 5.61. The molecule has 2 N–H and O–H groups in total. The molecule has 0 heterocycles. The zero-order valence-corrected chi connectivity index (χ0v) is 10.1. The van der Waals surface area contributed by atoms with Crippen LogP contribution in [0.25, 0.3) is 0 Å². The summed E-state index contributed by atoms with van der Waals surface area (Å²) >= 11 is 4.98. The lowest BCUT2D eigenvalue weighted by Crippen LogP contribution is -2.40. The molecule has 0 radical (unpaired) electrons. The van der Waals surface area contributed by atoms with Crippen molar-refractivity contribution in [2.45, 2.75) is 57.5 Å². The van der Waals surface area contributed by atoms with Gasteiger partial charge in [0.15, 0.2) is 0 Å². The molecule has 3 heteroatoms. The van der Waals surface area contributed by atoms with Crippen molar-refractivity contribution in [3.05, 3.63) is 0 Å². The van der Waals surface area contributed by atoms with Crippen LogP contribution >= 0.6 is 12.2 Å². The SMILES string of the molecule is CCC(CC(N)=S)N(C)C1CCCC1. The van der Waals surface area contributed by atoms with Crippen LogP contribution in [-0.2, 0) is 0 Å². The first-order chi connectivity index (χ1) is 6.65.